The lowest BCUT2D eigenvalue weighted by molar-refractivity contribution is -0.385. The fourth-order valence-corrected chi connectivity index (χ4v) is 2.58. The van der Waals surface area contributed by atoms with Crippen LogP contribution >= 0.6 is 11.3 Å². The number of aromatic nitrogens is 2. The average molecular weight is 308 g/mol. The van der Waals surface area contributed by atoms with Crippen molar-refractivity contribution in [2.24, 2.45) is 0 Å². The predicted molar refractivity (Wildman–Crippen MR) is 80.5 cm³/mol. The van der Waals surface area contributed by atoms with Crippen LogP contribution in [0.15, 0.2) is 18.2 Å². The van der Waals surface area contributed by atoms with Gasteiger partial charge in [-0.25, -0.2) is 0 Å². The summed E-state index contributed by atoms with van der Waals surface area (Å²) in [5, 5.41) is 24.0. The van der Waals surface area contributed by atoms with Crippen LogP contribution in [-0.4, -0.2) is 28.8 Å². The Balaban J connectivity index is 2.20. The summed E-state index contributed by atoms with van der Waals surface area (Å²) in [7, 11) is 1.41. The summed E-state index contributed by atoms with van der Waals surface area (Å²) in [6, 6.07) is 4.69. The first-order valence-corrected chi connectivity index (χ1v) is 7.33. The Morgan fingerprint density at radius 3 is 2.90 bits per heavy atom. The molecular formula is C13H16N4O3S. The van der Waals surface area contributed by atoms with Crippen molar-refractivity contribution in [3.8, 4) is 16.3 Å². The molecule has 2 aromatic rings. The fourth-order valence-electron chi connectivity index (χ4n) is 1.78. The van der Waals surface area contributed by atoms with Crippen molar-refractivity contribution in [3.05, 3.63) is 33.3 Å². The van der Waals surface area contributed by atoms with Gasteiger partial charge in [-0.15, -0.1) is 10.2 Å². The summed E-state index contributed by atoms with van der Waals surface area (Å²) in [6.07, 6.45) is 1.06. The van der Waals surface area contributed by atoms with E-state index in [2.05, 4.69) is 22.4 Å². The highest BCUT2D eigenvalue weighted by molar-refractivity contribution is 7.14. The van der Waals surface area contributed by atoms with Crippen LogP contribution in [0.25, 0.3) is 10.6 Å². The van der Waals surface area contributed by atoms with Crippen LogP contribution in [0, 0.1) is 10.1 Å². The first-order chi connectivity index (χ1) is 10.2. The molecule has 0 aliphatic carbocycles. The molecule has 1 aromatic heterocycles. The monoisotopic (exact) mass is 308 g/mol. The van der Waals surface area contributed by atoms with Crippen LogP contribution in [0.2, 0.25) is 0 Å². The van der Waals surface area contributed by atoms with Crippen molar-refractivity contribution in [2.75, 3.05) is 13.7 Å². The standard InChI is InChI=1S/C13H16N4O3S/c1-3-6-14-8-12-15-16-13(21-12)9-4-5-10(17(18)19)11(7-9)20-2/h4-5,7,14H,3,6,8H2,1-2H3. The molecule has 2 rings (SSSR count). The van der Waals surface area contributed by atoms with Crippen LogP contribution in [0.3, 0.4) is 0 Å². The Kier molecular flexibility index (Phi) is 5.18. The molecule has 0 aliphatic heterocycles. The highest BCUT2D eigenvalue weighted by Gasteiger charge is 2.16. The number of benzene rings is 1. The number of nitrogens with zero attached hydrogens (tertiary/aromatic N) is 3. The Morgan fingerprint density at radius 2 is 2.24 bits per heavy atom. The summed E-state index contributed by atoms with van der Waals surface area (Å²) in [4.78, 5) is 10.4. The second-order valence-electron chi connectivity index (χ2n) is 4.32. The van der Waals surface area contributed by atoms with Crippen molar-refractivity contribution in [1.82, 2.24) is 15.5 Å². The van der Waals surface area contributed by atoms with Crippen LogP contribution in [0.4, 0.5) is 5.69 Å². The van der Waals surface area contributed by atoms with Gasteiger partial charge < -0.3 is 10.1 Å². The van der Waals surface area contributed by atoms with E-state index in [1.165, 1.54) is 24.5 Å². The van der Waals surface area contributed by atoms with Crippen molar-refractivity contribution in [1.29, 1.82) is 0 Å². The first-order valence-electron chi connectivity index (χ1n) is 6.51. The van der Waals surface area contributed by atoms with Gasteiger partial charge in [0.2, 0.25) is 0 Å². The van der Waals surface area contributed by atoms with Crippen molar-refractivity contribution < 1.29 is 9.66 Å². The molecular weight excluding hydrogens is 292 g/mol. The summed E-state index contributed by atoms with van der Waals surface area (Å²) < 4.78 is 5.06. The number of hydrogen-bond acceptors (Lipinski definition) is 7. The molecule has 0 spiro atoms. The van der Waals surface area contributed by atoms with Crippen LogP contribution in [-0.2, 0) is 6.54 Å². The summed E-state index contributed by atoms with van der Waals surface area (Å²) in [6.45, 7) is 3.71. The van der Waals surface area contributed by atoms with Crippen molar-refractivity contribution in [2.45, 2.75) is 19.9 Å². The molecule has 112 valence electrons. The fraction of sp³-hybridized carbons (Fsp3) is 0.385. The third-order valence-corrected chi connectivity index (χ3v) is 3.77. The van der Waals surface area contributed by atoms with Gasteiger partial charge in [-0.2, -0.15) is 0 Å². The van der Waals surface area contributed by atoms with E-state index in [0.29, 0.717) is 6.54 Å². The van der Waals surface area contributed by atoms with Gasteiger partial charge in [0.1, 0.15) is 10.0 Å². The molecule has 0 radical (unpaired) electrons. The lowest BCUT2D eigenvalue weighted by atomic mass is 10.2. The summed E-state index contributed by atoms with van der Waals surface area (Å²) in [5.41, 5.74) is 0.701. The highest BCUT2D eigenvalue weighted by atomic mass is 32.1. The van der Waals surface area contributed by atoms with E-state index in [9.17, 15) is 10.1 Å². The maximum atomic E-state index is 10.9. The normalized spacial score (nSPS) is 10.6. The Hall–Kier alpha value is -2.06. The molecule has 21 heavy (non-hydrogen) atoms. The topological polar surface area (TPSA) is 90.2 Å². The quantitative estimate of drug-likeness (QED) is 0.480. The van der Waals surface area contributed by atoms with Gasteiger partial charge in [-0.1, -0.05) is 18.3 Å². The molecule has 0 aliphatic rings. The average Bonchev–Trinajstić information content (AvgIpc) is 2.95. The molecule has 0 bridgehead atoms. The van der Waals surface area contributed by atoms with Gasteiger partial charge in [-0.05, 0) is 25.1 Å². The minimum absolute atomic E-state index is 0.0596. The lowest BCUT2D eigenvalue weighted by Gasteiger charge is -2.02. The Bertz CT molecular complexity index is 630. The number of methoxy groups -OCH3 is 1. The Morgan fingerprint density at radius 1 is 1.43 bits per heavy atom. The second kappa shape index (κ2) is 7.09. The van der Waals surface area contributed by atoms with E-state index < -0.39 is 4.92 Å². The molecule has 0 amide bonds. The van der Waals surface area contributed by atoms with Crippen LogP contribution in [0.1, 0.15) is 18.4 Å². The minimum Gasteiger partial charge on any atom is -0.490 e. The Labute approximate surface area is 126 Å². The largest absolute Gasteiger partial charge is 0.490 e. The SMILES string of the molecule is CCCNCc1nnc(-c2ccc([N+](=O)[O-])c(OC)c2)s1. The van der Waals surface area contributed by atoms with Gasteiger partial charge in [0, 0.05) is 18.2 Å². The maximum absolute atomic E-state index is 10.9. The zero-order valence-electron chi connectivity index (χ0n) is 11.8. The van der Waals surface area contributed by atoms with Gasteiger partial charge in [0.15, 0.2) is 5.75 Å². The number of rotatable bonds is 7. The van der Waals surface area contributed by atoms with Crippen molar-refractivity contribution in [3.63, 3.8) is 0 Å². The van der Waals surface area contributed by atoms with Gasteiger partial charge in [0.25, 0.3) is 0 Å². The number of nitro benzene ring substituents is 1. The van der Waals surface area contributed by atoms with E-state index in [0.717, 1.165) is 28.5 Å². The minimum atomic E-state index is -0.469. The number of nitrogens with one attached hydrogen (secondary N) is 1. The molecule has 0 saturated carbocycles. The van der Waals surface area contributed by atoms with Gasteiger partial charge in [-0.3, -0.25) is 10.1 Å². The van der Waals surface area contributed by atoms with E-state index in [1.807, 2.05) is 0 Å². The molecule has 0 unspecified atom stereocenters. The number of ether oxygens (including phenoxy) is 1. The molecule has 0 saturated heterocycles. The molecule has 0 fully saturated rings. The molecule has 1 N–H and O–H groups in total. The van der Waals surface area contributed by atoms with E-state index in [1.54, 1.807) is 12.1 Å². The molecule has 7 nitrogen and oxygen atoms in total. The molecule has 1 heterocycles. The molecule has 0 atom stereocenters. The summed E-state index contributed by atoms with van der Waals surface area (Å²) >= 11 is 1.46. The van der Waals surface area contributed by atoms with Gasteiger partial charge >= 0.3 is 5.69 Å². The number of hydrogen-bond donors (Lipinski definition) is 1. The van der Waals surface area contributed by atoms with E-state index >= 15 is 0 Å². The van der Waals surface area contributed by atoms with Crippen LogP contribution in [0.5, 0.6) is 5.75 Å². The second-order valence-corrected chi connectivity index (χ2v) is 5.38. The van der Waals surface area contributed by atoms with Crippen molar-refractivity contribution >= 4 is 17.0 Å². The van der Waals surface area contributed by atoms with E-state index in [4.69, 9.17) is 4.74 Å². The smallest absolute Gasteiger partial charge is 0.310 e. The van der Waals surface area contributed by atoms with Gasteiger partial charge in [0.05, 0.1) is 12.0 Å². The summed E-state index contributed by atoms with van der Waals surface area (Å²) in [5.74, 6) is 0.221. The first kappa shape index (κ1) is 15.3. The molecule has 8 heteroatoms. The predicted octanol–water partition coefficient (Wildman–Crippen LogP) is 2.62. The third kappa shape index (κ3) is 3.73. The third-order valence-electron chi connectivity index (χ3n) is 2.79. The zero-order chi connectivity index (χ0) is 15.2. The number of nitro groups is 1. The zero-order valence-corrected chi connectivity index (χ0v) is 12.6. The maximum Gasteiger partial charge on any atom is 0.310 e. The molecule has 1 aromatic carbocycles. The van der Waals surface area contributed by atoms with Crippen LogP contribution < -0.4 is 10.1 Å². The van der Waals surface area contributed by atoms with E-state index in [-0.39, 0.29) is 11.4 Å². The lowest BCUT2D eigenvalue weighted by Crippen LogP contribution is -2.13. The highest BCUT2D eigenvalue weighted by Crippen LogP contribution is 2.33.